The summed E-state index contributed by atoms with van der Waals surface area (Å²) in [5.41, 5.74) is -0.767. The molecule has 6 heteroatoms. The van der Waals surface area contributed by atoms with Gasteiger partial charge in [-0.05, 0) is 26.8 Å². The van der Waals surface area contributed by atoms with Crippen LogP contribution >= 0.6 is 0 Å². The van der Waals surface area contributed by atoms with Crippen molar-refractivity contribution in [2.75, 3.05) is 26.7 Å². The van der Waals surface area contributed by atoms with E-state index in [4.69, 9.17) is 0 Å². The first-order chi connectivity index (χ1) is 9.00. The first-order valence-corrected chi connectivity index (χ1v) is 6.66. The van der Waals surface area contributed by atoms with Gasteiger partial charge in [0.25, 0.3) is 0 Å². The average Bonchev–Trinajstić information content (AvgIpc) is 2.93. The van der Waals surface area contributed by atoms with Gasteiger partial charge in [0.1, 0.15) is 6.04 Å². The van der Waals surface area contributed by atoms with E-state index >= 15 is 0 Å². The van der Waals surface area contributed by atoms with Crippen LogP contribution in [0, 0.1) is 0 Å². The molecule has 1 saturated heterocycles. The van der Waals surface area contributed by atoms with Crippen LogP contribution in [0.2, 0.25) is 0 Å². The molecular weight excluding hydrogens is 244 g/mol. The summed E-state index contributed by atoms with van der Waals surface area (Å²) in [7, 11) is 2.04. The minimum Gasteiger partial charge on any atom is -0.388 e. The fourth-order valence-electron chi connectivity index (χ4n) is 2.24. The second-order valence-electron chi connectivity index (χ2n) is 5.43. The molecule has 1 aromatic rings. The third kappa shape index (κ3) is 3.54. The zero-order valence-corrected chi connectivity index (χ0v) is 11.5. The molecule has 1 fully saturated rings. The Bertz CT molecular complexity index is 410. The van der Waals surface area contributed by atoms with E-state index < -0.39 is 5.60 Å². The Balaban J connectivity index is 1.83. The minimum absolute atomic E-state index is 0.0923. The van der Waals surface area contributed by atoms with Crippen molar-refractivity contribution in [2.45, 2.75) is 31.4 Å². The smallest absolute Gasteiger partial charge is 0.242 e. The van der Waals surface area contributed by atoms with E-state index in [2.05, 4.69) is 15.2 Å². The van der Waals surface area contributed by atoms with Crippen LogP contribution in [0.25, 0.3) is 0 Å². The summed E-state index contributed by atoms with van der Waals surface area (Å²) < 4.78 is 1.74. The van der Waals surface area contributed by atoms with Gasteiger partial charge in [-0.2, -0.15) is 0 Å². The van der Waals surface area contributed by atoms with Crippen molar-refractivity contribution in [2.24, 2.45) is 0 Å². The maximum absolute atomic E-state index is 12.0. The number of hydrogen-bond acceptors (Lipinski definition) is 4. The highest BCUT2D eigenvalue weighted by Gasteiger charge is 2.31. The van der Waals surface area contributed by atoms with E-state index in [1.807, 2.05) is 14.0 Å². The molecule has 1 amide bonds. The van der Waals surface area contributed by atoms with Gasteiger partial charge in [-0.1, -0.05) is 0 Å². The van der Waals surface area contributed by atoms with Gasteiger partial charge >= 0.3 is 0 Å². The molecule has 2 N–H and O–H groups in total. The lowest BCUT2D eigenvalue weighted by molar-refractivity contribution is -0.125. The third-order valence-electron chi connectivity index (χ3n) is 3.86. The van der Waals surface area contributed by atoms with E-state index in [9.17, 15) is 9.90 Å². The Morgan fingerprint density at radius 3 is 2.79 bits per heavy atom. The van der Waals surface area contributed by atoms with Crippen LogP contribution in [-0.4, -0.2) is 57.7 Å². The molecule has 0 aromatic carbocycles. The molecule has 106 valence electrons. The van der Waals surface area contributed by atoms with E-state index in [0.29, 0.717) is 19.4 Å². The van der Waals surface area contributed by atoms with Crippen molar-refractivity contribution in [1.82, 2.24) is 19.8 Å². The summed E-state index contributed by atoms with van der Waals surface area (Å²) in [5, 5.41) is 13.2. The highest BCUT2D eigenvalue weighted by Crippen LogP contribution is 2.20. The number of likely N-dealkylation sites (tertiary alicyclic amines) is 1. The molecule has 1 aromatic heterocycles. The second kappa shape index (κ2) is 5.71. The van der Waals surface area contributed by atoms with E-state index in [-0.39, 0.29) is 11.9 Å². The van der Waals surface area contributed by atoms with E-state index in [0.717, 1.165) is 13.1 Å². The van der Waals surface area contributed by atoms with Crippen molar-refractivity contribution in [3.8, 4) is 0 Å². The Hall–Kier alpha value is -1.40. The van der Waals surface area contributed by atoms with Gasteiger partial charge in [0.2, 0.25) is 5.91 Å². The van der Waals surface area contributed by atoms with Gasteiger partial charge in [-0.15, -0.1) is 0 Å². The van der Waals surface area contributed by atoms with Crippen LogP contribution in [-0.2, 0) is 4.79 Å². The van der Waals surface area contributed by atoms with Gasteiger partial charge in [0, 0.05) is 32.0 Å². The Labute approximate surface area is 113 Å². The summed E-state index contributed by atoms with van der Waals surface area (Å²) in [4.78, 5) is 18.1. The van der Waals surface area contributed by atoms with Crippen molar-refractivity contribution in [1.29, 1.82) is 0 Å². The van der Waals surface area contributed by atoms with Crippen LogP contribution in [0.15, 0.2) is 18.7 Å². The predicted molar refractivity (Wildman–Crippen MR) is 71.6 cm³/mol. The molecule has 1 aliphatic rings. The van der Waals surface area contributed by atoms with Gasteiger partial charge in [-0.3, -0.25) is 4.79 Å². The highest BCUT2D eigenvalue weighted by molar-refractivity contribution is 5.79. The SMILES string of the molecule is C[C@H](C(=O)NCC1(O)CCN(C)CC1)n1ccnc1. The molecule has 0 unspecified atom stereocenters. The molecule has 1 atom stereocenters. The summed E-state index contributed by atoms with van der Waals surface area (Å²) in [6, 6.07) is -0.308. The summed E-state index contributed by atoms with van der Waals surface area (Å²) in [6.45, 7) is 3.86. The summed E-state index contributed by atoms with van der Waals surface area (Å²) in [6.07, 6.45) is 6.42. The standard InChI is InChI=1S/C13H22N4O2/c1-11(17-8-5-14-10-17)12(18)15-9-13(19)3-6-16(2)7-4-13/h5,8,10-11,19H,3-4,6-7,9H2,1-2H3,(H,15,18)/t11-/m1/s1. The molecule has 0 bridgehead atoms. The van der Waals surface area contributed by atoms with E-state index in [1.165, 1.54) is 0 Å². The maximum Gasteiger partial charge on any atom is 0.242 e. The molecule has 2 rings (SSSR count). The molecule has 1 aliphatic heterocycles. The summed E-state index contributed by atoms with van der Waals surface area (Å²) in [5.74, 6) is -0.0923. The molecular formula is C13H22N4O2. The van der Waals surface area contributed by atoms with Crippen LogP contribution < -0.4 is 5.32 Å². The number of aliphatic hydroxyl groups is 1. The number of aromatic nitrogens is 2. The van der Waals surface area contributed by atoms with E-state index in [1.54, 1.807) is 23.3 Å². The Morgan fingerprint density at radius 2 is 2.21 bits per heavy atom. The average molecular weight is 266 g/mol. The third-order valence-corrected chi connectivity index (χ3v) is 3.86. The number of nitrogens with zero attached hydrogens (tertiary/aromatic N) is 3. The van der Waals surface area contributed by atoms with Crippen molar-refractivity contribution in [3.05, 3.63) is 18.7 Å². The minimum atomic E-state index is -0.767. The molecule has 2 heterocycles. The predicted octanol–water partition coefficient (Wildman–Crippen LogP) is 0.0170. The molecule has 0 spiro atoms. The Morgan fingerprint density at radius 1 is 1.53 bits per heavy atom. The Kier molecular flexibility index (Phi) is 4.21. The van der Waals surface area contributed by atoms with Crippen molar-refractivity contribution in [3.63, 3.8) is 0 Å². The van der Waals surface area contributed by atoms with Crippen LogP contribution in [0.5, 0.6) is 0 Å². The van der Waals surface area contributed by atoms with Gasteiger partial charge in [0.15, 0.2) is 0 Å². The second-order valence-corrected chi connectivity index (χ2v) is 5.43. The lowest BCUT2D eigenvalue weighted by Crippen LogP contribution is -2.50. The zero-order chi connectivity index (χ0) is 13.9. The van der Waals surface area contributed by atoms with Crippen molar-refractivity contribution >= 4 is 5.91 Å². The van der Waals surface area contributed by atoms with Gasteiger partial charge in [0.05, 0.1) is 11.9 Å². The lowest BCUT2D eigenvalue weighted by Gasteiger charge is -2.36. The largest absolute Gasteiger partial charge is 0.388 e. The van der Waals surface area contributed by atoms with Crippen LogP contribution in [0.1, 0.15) is 25.8 Å². The lowest BCUT2D eigenvalue weighted by atomic mass is 9.91. The number of hydrogen-bond donors (Lipinski definition) is 2. The van der Waals surface area contributed by atoms with Crippen LogP contribution in [0.3, 0.4) is 0 Å². The van der Waals surface area contributed by atoms with Gasteiger partial charge in [-0.25, -0.2) is 4.98 Å². The summed E-state index contributed by atoms with van der Waals surface area (Å²) >= 11 is 0. The van der Waals surface area contributed by atoms with Gasteiger partial charge < -0.3 is 19.9 Å². The molecule has 0 aliphatic carbocycles. The topological polar surface area (TPSA) is 70.4 Å². The fourth-order valence-corrected chi connectivity index (χ4v) is 2.24. The maximum atomic E-state index is 12.0. The van der Waals surface area contributed by atoms with Crippen LogP contribution in [0.4, 0.5) is 0 Å². The molecule has 19 heavy (non-hydrogen) atoms. The molecule has 6 nitrogen and oxygen atoms in total. The monoisotopic (exact) mass is 266 g/mol. The molecule has 0 radical (unpaired) electrons. The zero-order valence-electron chi connectivity index (χ0n) is 11.5. The number of imidazole rings is 1. The highest BCUT2D eigenvalue weighted by atomic mass is 16.3. The number of rotatable bonds is 4. The first-order valence-electron chi connectivity index (χ1n) is 6.66. The first kappa shape index (κ1) is 14.0. The number of carbonyl (C=O) groups excluding carboxylic acids is 1. The number of piperidine rings is 1. The molecule has 0 saturated carbocycles. The fraction of sp³-hybridized carbons (Fsp3) is 0.692. The number of amides is 1. The quantitative estimate of drug-likeness (QED) is 0.806. The normalized spacial score (nSPS) is 21.0. The van der Waals surface area contributed by atoms with Crippen molar-refractivity contribution < 1.29 is 9.90 Å². The number of nitrogens with one attached hydrogen (secondary N) is 1. The number of carbonyl (C=O) groups is 1.